The summed E-state index contributed by atoms with van der Waals surface area (Å²) in [5.74, 6) is -0.0811. The van der Waals surface area contributed by atoms with Gasteiger partial charge in [-0.15, -0.1) is 90.7 Å². The largest absolute Gasteiger partial charge is 0.382 e. The summed E-state index contributed by atoms with van der Waals surface area (Å²) in [5, 5.41) is 30.8. The Morgan fingerprint density at radius 2 is 0.645 bits per heavy atom. The minimum Gasteiger partial charge on any atom is -0.382 e. The second-order valence-corrected chi connectivity index (χ2v) is 39.6. The molecule has 27 nitrogen and oxygen atoms in total. The SMILES string of the molecule is Cc1cn2cnc(C(=O)c3cccnc3)c2s1.Cc1cn2cnc(C(C)(C)c3cccnc3)c2s1.Cc1cn2cnc(C(C)(C)c3cccnc3)c2s1.Cc1cn2cnc(C(O)c3cccnc3)c2s1.Cc1cn2cnc(C(O)c3cccnc3)c2s1.Cc1cn2cnc(C(O)c3cccnc3)c2s1.Cc1cn2cnc(C=O)c2s1.Cc1cn2cncc2s1. The molecule has 3 atom stereocenters. The highest BCUT2D eigenvalue weighted by atomic mass is 32.1. The molecule has 0 spiro atoms. The molecule has 22 rings (SSSR count). The summed E-state index contributed by atoms with van der Waals surface area (Å²) in [5.41, 5.74) is 10.3. The minimum atomic E-state index is -0.716. The van der Waals surface area contributed by atoms with Crippen LogP contribution in [0.2, 0.25) is 0 Å². The second-order valence-electron chi connectivity index (χ2n) is 29.6. The molecule has 3 unspecified atom stereocenters. The Hall–Kier alpha value is -12.5. The molecule has 35 heteroatoms. The van der Waals surface area contributed by atoms with Crippen LogP contribution in [-0.2, 0) is 10.8 Å². The molecule has 0 aromatic carbocycles. The molecule has 0 amide bonds. The van der Waals surface area contributed by atoms with Crippen molar-refractivity contribution in [1.29, 1.82) is 0 Å². The van der Waals surface area contributed by atoms with Gasteiger partial charge in [-0.3, -0.25) is 74.7 Å². The van der Waals surface area contributed by atoms with Crippen LogP contribution in [0.15, 0.2) is 254 Å². The van der Waals surface area contributed by atoms with Gasteiger partial charge in [0.2, 0.25) is 5.78 Å². The number of hydrogen-bond donors (Lipinski definition) is 3. The van der Waals surface area contributed by atoms with Crippen LogP contribution in [-0.4, -0.2) is 132 Å². The fourth-order valence-corrected chi connectivity index (χ4v) is 21.1. The van der Waals surface area contributed by atoms with Crippen molar-refractivity contribution in [2.75, 3.05) is 0 Å². The predicted molar refractivity (Wildman–Crippen MR) is 493 cm³/mol. The Kier molecular flexibility index (Phi) is 26.5. The molecule has 0 fully saturated rings. The van der Waals surface area contributed by atoms with Crippen molar-refractivity contribution in [2.24, 2.45) is 0 Å². The van der Waals surface area contributed by atoms with E-state index < -0.39 is 18.3 Å². The molecule has 22 aromatic rings. The summed E-state index contributed by atoms with van der Waals surface area (Å²) < 4.78 is 15.8. The lowest BCUT2D eigenvalue weighted by Crippen LogP contribution is -2.19. The van der Waals surface area contributed by atoms with Crippen LogP contribution in [0.4, 0.5) is 0 Å². The van der Waals surface area contributed by atoms with E-state index in [0.29, 0.717) is 34.0 Å². The molecule has 0 aliphatic carbocycles. The number of ketones is 1. The van der Waals surface area contributed by atoms with E-state index in [-0.39, 0.29) is 16.6 Å². The lowest BCUT2D eigenvalue weighted by atomic mass is 9.83. The Morgan fingerprint density at radius 1 is 0.331 bits per heavy atom. The van der Waals surface area contributed by atoms with E-state index in [2.05, 4.69) is 158 Å². The smallest absolute Gasteiger partial charge is 0.215 e. The Labute approximate surface area is 743 Å². The van der Waals surface area contributed by atoms with Crippen molar-refractivity contribution >= 4 is 141 Å². The van der Waals surface area contributed by atoms with Crippen LogP contribution in [0.25, 0.3) is 38.6 Å². The van der Waals surface area contributed by atoms with Crippen molar-refractivity contribution in [1.82, 2.24) is 105 Å². The maximum Gasteiger partial charge on any atom is 0.215 e. The Bertz CT molecular complexity index is 6830. The van der Waals surface area contributed by atoms with Gasteiger partial charge in [0.15, 0.2) is 6.29 Å². The van der Waals surface area contributed by atoms with Crippen molar-refractivity contribution in [3.8, 4) is 0 Å². The molecule has 3 N–H and O–H groups in total. The zero-order chi connectivity index (χ0) is 86.9. The molecule has 0 saturated heterocycles. The van der Waals surface area contributed by atoms with Crippen molar-refractivity contribution in [3.63, 3.8) is 0 Å². The number of pyridine rings is 6. The van der Waals surface area contributed by atoms with Crippen LogP contribution in [0.5, 0.6) is 0 Å². The first-order valence-electron chi connectivity index (χ1n) is 38.7. The molecule has 22 heterocycles. The number of aromatic nitrogens is 22. The zero-order valence-electron chi connectivity index (χ0n) is 69.2. The van der Waals surface area contributed by atoms with E-state index in [4.69, 9.17) is 0 Å². The van der Waals surface area contributed by atoms with Gasteiger partial charge in [-0.1, -0.05) is 30.3 Å². The lowest BCUT2D eigenvalue weighted by molar-refractivity contribution is 0.103. The zero-order valence-corrected chi connectivity index (χ0v) is 75.8. The Morgan fingerprint density at radius 3 is 1.02 bits per heavy atom. The van der Waals surface area contributed by atoms with Gasteiger partial charge in [0, 0.05) is 196 Å². The van der Waals surface area contributed by atoms with Crippen LogP contribution >= 0.6 is 90.7 Å². The molecular formula is C89H84N22O5S8. The number of rotatable bonds is 13. The van der Waals surface area contributed by atoms with E-state index in [1.165, 1.54) is 59.8 Å². The maximum atomic E-state index is 12.2. The summed E-state index contributed by atoms with van der Waals surface area (Å²) in [7, 11) is 0. The van der Waals surface area contributed by atoms with Crippen molar-refractivity contribution in [2.45, 2.75) is 112 Å². The van der Waals surface area contributed by atoms with Gasteiger partial charge in [0.1, 0.15) is 130 Å². The molecule has 0 radical (unpaired) electrons. The maximum absolute atomic E-state index is 12.2. The average molecular weight is 1800 g/mol. The molecule has 628 valence electrons. The first kappa shape index (κ1) is 86.4. The number of imidazole rings is 8. The predicted octanol–water partition coefficient (Wildman–Crippen LogP) is 18.9. The van der Waals surface area contributed by atoms with Gasteiger partial charge < -0.3 is 15.3 Å². The number of aliphatic hydroxyl groups excluding tert-OH is 3. The van der Waals surface area contributed by atoms with Crippen LogP contribution in [0, 0.1) is 55.4 Å². The molecule has 0 aliphatic rings. The lowest BCUT2D eigenvalue weighted by Gasteiger charge is -2.22. The molecule has 22 aromatic heterocycles. The summed E-state index contributed by atoms with van der Waals surface area (Å²) in [4.78, 5) is 99.4. The molecular weight excluding hydrogens is 1710 g/mol. The summed E-state index contributed by atoms with van der Waals surface area (Å²) in [6.07, 6.45) is 51.6. The molecule has 0 bridgehead atoms. The highest BCUT2D eigenvalue weighted by Gasteiger charge is 2.31. The standard InChI is InChI=1S/2C14H15N3S.3C12H11N3OS.C12H9N3OS.C7H6N2OS.C6H6N2S/c2*1-10-8-17-9-16-12(13(17)18-10)14(2,3)11-5-4-6-15-7-11;4*1-8-6-15-7-14-10(12(15)17-8)11(16)9-3-2-4-13-5-9;1-5-2-9-4-8-6(3-10)7(9)11-5;1-5-3-8-4-7-2-6(8)9-5/h2*4-9H,1-3H3;3*2-7,11,16H,1H3;2-7H,1H3;2-4H,1H3;2-4H,1H3. The Balaban J connectivity index is 0.000000110. The van der Waals surface area contributed by atoms with E-state index in [9.17, 15) is 24.9 Å². The quantitative estimate of drug-likeness (QED) is 0.0713. The van der Waals surface area contributed by atoms with Gasteiger partial charge in [-0.05, 0) is 137 Å². The van der Waals surface area contributed by atoms with Crippen molar-refractivity contribution in [3.05, 3.63) is 366 Å². The summed E-state index contributed by atoms with van der Waals surface area (Å²) in [6.45, 7) is 25.3. The van der Waals surface area contributed by atoms with Crippen LogP contribution in [0.3, 0.4) is 0 Å². The van der Waals surface area contributed by atoms with E-state index in [0.717, 1.165) is 63.4 Å². The van der Waals surface area contributed by atoms with Crippen LogP contribution in [0.1, 0.15) is 168 Å². The number of nitrogens with zero attached hydrogens (tertiary/aromatic N) is 22. The first-order valence-corrected chi connectivity index (χ1v) is 45.3. The van der Waals surface area contributed by atoms with Gasteiger partial charge in [-0.2, -0.15) is 0 Å². The number of aryl methyl sites for hydroxylation is 8. The third kappa shape index (κ3) is 19.3. The average Bonchev–Trinajstić information content (AvgIpc) is 1.62. The van der Waals surface area contributed by atoms with Gasteiger partial charge >= 0.3 is 0 Å². The van der Waals surface area contributed by atoms with Crippen LogP contribution < -0.4 is 0 Å². The summed E-state index contributed by atoms with van der Waals surface area (Å²) >= 11 is 13.4. The second kappa shape index (κ2) is 38.1. The summed E-state index contributed by atoms with van der Waals surface area (Å²) in [6, 6.07) is 22.7. The highest BCUT2D eigenvalue weighted by molar-refractivity contribution is 7.19. The van der Waals surface area contributed by atoms with E-state index in [1.54, 1.807) is 196 Å². The number of carbonyl (C=O) groups excluding carboxylic acids is 2. The third-order valence-electron chi connectivity index (χ3n) is 19.6. The number of fused-ring (bicyclic) bond motifs is 8. The fraction of sp³-hybridized carbons (Fsp3) is 0.191. The number of hydrogen-bond acceptors (Lipinski definition) is 27. The number of carbonyl (C=O) groups is 2. The van der Waals surface area contributed by atoms with E-state index >= 15 is 0 Å². The highest BCUT2D eigenvalue weighted by Crippen LogP contribution is 2.39. The van der Waals surface area contributed by atoms with Gasteiger partial charge in [-0.25, -0.2) is 39.9 Å². The monoisotopic (exact) mass is 1800 g/mol. The minimum absolute atomic E-state index is 0.0811. The number of aldehydes is 1. The van der Waals surface area contributed by atoms with E-state index in [1.807, 2.05) is 178 Å². The molecule has 0 aliphatic heterocycles. The molecule has 0 saturated carbocycles. The number of aliphatic hydroxyl groups is 3. The molecule has 124 heavy (non-hydrogen) atoms. The fourth-order valence-electron chi connectivity index (χ4n) is 13.5. The van der Waals surface area contributed by atoms with Crippen molar-refractivity contribution < 1.29 is 24.9 Å². The topological polar surface area (TPSA) is 311 Å². The normalized spacial score (nSPS) is 12.1. The van der Waals surface area contributed by atoms with Gasteiger partial charge in [0.05, 0.1) is 23.9 Å². The first-order chi connectivity index (χ1) is 59.9. The third-order valence-corrected chi connectivity index (χ3v) is 27.8. The van der Waals surface area contributed by atoms with Gasteiger partial charge in [0.25, 0.3) is 0 Å². The number of thiazole rings is 8.